The number of ether oxygens (including phenoxy) is 1. The maximum absolute atomic E-state index is 11.8. The SMILES string of the molecule is CC(=O)c1c(C(C)=O)c(C)n(C[C@@H]2CCCO2)c1C. The molecule has 0 aromatic carbocycles. The molecule has 0 bridgehead atoms. The monoisotopic (exact) mass is 263 g/mol. The number of carbonyl (C=O) groups excluding carboxylic acids is 2. The molecular formula is C15H21NO3. The lowest BCUT2D eigenvalue weighted by Crippen LogP contribution is -2.17. The molecule has 2 rings (SSSR count). The average molecular weight is 263 g/mol. The minimum absolute atomic E-state index is 0.0445. The quantitative estimate of drug-likeness (QED) is 0.785. The number of carbonyl (C=O) groups is 2. The molecule has 1 aliphatic rings. The highest BCUT2D eigenvalue weighted by Gasteiger charge is 2.25. The molecule has 19 heavy (non-hydrogen) atoms. The zero-order valence-corrected chi connectivity index (χ0v) is 12.1. The molecule has 1 saturated heterocycles. The number of nitrogens with zero attached hydrogens (tertiary/aromatic N) is 1. The van der Waals surface area contributed by atoms with Crippen molar-refractivity contribution in [3.8, 4) is 0 Å². The number of aromatic nitrogens is 1. The van der Waals surface area contributed by atoms with Crippen molar-refractivity contribution in [3.05, 3.63) is 22.5 Å². The fraction of sp³-hybridized carbons (Fsp3) is 0.600. The molecule has 2 heterocycles. The van der Waals surface area contributed by atoms with Gasteiger partial charge in [-0.2, -0.15) is 0 Å². The van der Waals surface area contributed by atoms with E-state index in [0.29, 0.717) is 11.1 Å². The van der Waals surface area contributed by atoms with E-state index in [-0.39, 0.29) is 17.7 Å². The fourth-order valence-electron chi connectivity index (χ4n) is 3.01. The van der Waals surface area contributed by atoms with Crippen LogP contribution in [0.4, 0.5) is 0 Å². The molecule has 104 valence electrons. The first-order valence-corrected chi connectivity index (χ1v) is 6.76. The predicted molar refractivity (Wildman–Crippen MR) is 72.9 cm³/mol. The van der Waals surface area contributed by atoms with E-state index in [0.717, 1.165) is 37.4 Å². The Morgan fingerprint density at radius 1 is 1.16 bits per heavy atom. The molecule has 4 heteroatoms. The molecule has 0 amide bonds. The zero-order valence-electron chi connectivity index (χ0n) is 12.1. The van der Waals surface area contributed by atoms with Crippen molar-refractivity contribution in [2.24, 2.45) is 0 Å². The van der Waals surface area contributed by atoms with Crippen LogP contribution in [0.2, 0.25) is 0 Å². The van der Waals surface area contributed by atoms with E-state index in [4.69, 9.17) is 4.74 Å². The maximum Gasteiger partial charge on any atom is 0.162 e. The topological polar surface area (TPSA) is 48.3 Å². The van der Waals surface area contributed by atoms with Gasteiger partial charge >= 0.3 is 0 Å². The van der Waals surface area contributed by atoms with Crippen LogP contribution in [-0.4, -0.2) is 28.8 Å². The third-order valence-electron chi connectivity index (χ3n) is 3.90. The Morgan fingerprint density at radius 2 is 1.68 bits per heavy atom. The summed E-state index contributed by atoms with van der Waals surface area (Å²) >= 11 is 0. The molecule has 0 spiro atoms. The highest BCUT2D eigenvalue weighted by Crippen LogP contribution is 2.25. The van der Waals surface area contributed by atoms with Crippen LogP contribution in [-0.2, 0) is 11.3 Å². The summed E-state index contributed by atoms with van der Waals surface area (Å²) in [6, 6.07) is 0. The van der Waals surface area contributed by atoms with Gasteiger partial charge in [-0.1, -0.05) is 0 Å². The van der Waals surface area contributed by atoms with Gasteiger partial charge in [-0.3, -0.25) is 9.59 Å². The Bertz CT molecular complexity index is 484. The van der Waals surface area contributed by atoms with Crippen molar-refractivity contribution in [1.29, 1.82) is 0 Å². The Kier molecular flexibility index (Phi) is 3.90. The number of ketones is 2. The van der Waals surface area contributed by atoms with Crippen LogP contribution in [0.5, 0.6) is 0 Å². The molecule has 1 aromatic rings. The molecule has 0 N–H and O–H groups in total. The number of rotatable bonds is 4. The van der Waals surface area contributed by atoms with Crippen LogP contribution in [0.15, 0.2) is 0 Å². The molecular weight excluding hydrogens is 242 g/mol. The smallest absolute Gasteiger partial charge is 0.162 e. The molecule has 0 saturated carbocycles. The minimum Gasteiger partial charge on any atom is -0.376 e. The van der Waals surface area contributed by atoms with E-state index < -0.39 is 0 Å². The summed E-state index contributed by atoms with van der Waals surface area (Å²) in [5.41, 5.74) is 2.90. The van der Waals surface area contributed by atoms with Gasteiger partial charge in [-0.05, 0) is 40.5 Å². The van der Waals surface area contributed by atoms with Crippen molar-refractivity contribution in [1.82, 2.24) is 4.57 Å². The molecule has 0 unspecified atom stereocenters. The Balaban J connectivity index is 2.46. The van der Waals surface area contributed by atoms with Gasteiger partial charge in [0.15, 0.2) is 11.6 Å². The summed E-state index contributed by atoms with van der Waals surface area (Å²) in [7, 11) is 0. The van der Waals surface area contributed by atoms with E-state index in [9.17, 15) is 9.59 Å². The van der Waals surface area contributed by atoms with E-state index in [1.165, 1.54) is 13.8 Å². The van der Waals surface area contributed by atoms with Crippen LogP contribution in [0.25, 0.3) is 0 Å². The highest BCUT2D eigenvalue weighted by atomic mass is 16.5. The van der Waals surface area contributed by atoms with Gasteiger partial charge < -0.3 is 9.30 Å². The second-order valence-electron chi connectivity index (χ2n) is 5.28. The lowest BCUT2D eigenvalue weighted by Gasteiger charge is -2.14. The Hall–Kier alpha value is -1.42. The minimum atomic E-state index is -0.0445. The van der Waals surface area contributed by atoms with Gasteiger partial charge in [0.1, 0.15) is 0 Å². The van der Waals surface area contributed by atoms with Crippen molar-refractivity contribution < 1.29 is 14.3 Å². The Labute approximate surface area is 113 Å². The summed E-state index contributed by atoms with van der Waals surface area (Å²) in [4.78, 5) is 23.6. The fourth-order valence-corrected chi connectivity index (χ4v) is 3.01. The van der Waals surface area contributed by atoms with Crippen molar-refractivity contribution in [3.63, 3.8) is 0 Å². The largest absolute Gasteiger partial charge is 0.376 e. The summed E-state index contributed by atoms with van der Waals surface area (Å²) in [5, 5.41) is 0. The second kappa shape index (κ2) is 5.29. The number of hydrogen-bond donors (Lipinski definition) is 0. The summed E-state index contributed by atoms with van der Waals surface area (Å²) in [6.45, 7) is 8.39. The molecule has 1 fully saturated rings. The van der Waals surface area contributed by atoms with Gasteiger partial charge in [-0.15, -0.1) is 0 Å². The third kappa shape index (κ3) is 2.50. The van der Waals surface area contributed by atoms with Crippen LogP contribution >= 0.6 is 0 Å². The van der Waals surface area contributed by atoms with Crippen molar-refractivity contribution in [2.45, 2.75) is 53.2 Å². The van der Waals surface area contributed by atoms with Crippen LogP contribution in [0, 0.1) is 13.8 Å². The van der Waals surface area contributed by atoms with E-state index in [1.54, 1.807) is 0 Å². The molecule has 1 aliphatic heterocycles. The average Bonchev–Trinajstić information content (AvgIpc) is 2.90. The summed E-state index contributed by atoms with van der Waals surface area (Å²) in [5.74, 6) is -0.0891. The van der Waals surface area contributed by atoms with Gasteiger partial charge in [0.25, 0.3) is 0 Å². The van der Waals surface area contributed by atoms with Gasteiger partial charge in [0.2, 0.25) is 0 Å². The van der Waals surface area contributed by atoms with E-state index in [1.807, 2.05) is 13.8 Å². The van der Waals surface area contributed by atoms with Gasteiger partial charge in [0, 0.05) is 35.7 Å². The molecule has 0 aliphatic carbocycles. The molecule has 0 radical (unpaired) electrons. The van der Waals surface area contributed by atoms with Gasteiger partial charge in [-0.25, -0.2) is 0 Å². The first kappa shape index (κ1) is 14.0. The van der Waals surface area contributed by atoms with Crippen LogP contribution in [0.1, 0.15) is 58.8 Å². The lowest BCUT2D eigenvalue weighted by atomic mass is 10.0. The maximum atomic E-state index is 11.8. The first-order valence-electron chi connectivity index (χ1n) is 6.76. The Morgan fingerprint density at radius 3 is 2.05 bits per heavy atom. The summed E-state index contributed by atoms with van der Waals surface area (Å²) < 4.78 is 7.71. The van der Waals surface area contributed by atoms with Gasteiger partial charge in [0.05, 0.1) is 6.10 Å². The molecule has 1 aromatic heterocycles. The highest BCUT2D eigenvalue weighted by molar-refractivity contribution is 6.09. The molecule has 1 atom stereocenters. The van der Waals surface area contributed by atoms with Crippen LogP contribution < -0.4 is 0 Å². The normalized spacial score (nSPS) is 18.8. The lowest BCUT2D eigenvalue weighted by molar-refractivity contribution is 0.0955. The zero-order chi connectivity index (χ0) is 14.2. The first-order chi connectivity index (χ1) is 8.93. The number of Topliss-reactive ketones (excluding diaryl/α,β-unsaturated/α-hetero) is 2. The van der Waals surface area contributed by atoms with Crippen LogP contribution in [0.3, 0.4) is 0 Å². The molecule has 4 nitrogen and oxygen atoms in total. The van der Waals surface area contributed by atoms with Crippen molar-refractivity contribution >= 4 is 11.6 Å². The standard InChI is InChI=1S/C15H21NO3/c1-9-14(11(3)17)15(12(4)18)10(2)16(9)8-13-6-5-7-19-13/h13H,5-8H2,1-4H3/t13-/m0/s1. The predicted octanol–water partition coefficient (Wildman–Crippen LogP) is 2.69. The van der Waals surface area contributed by atoms with E-state index in [2.05, 4.69) is 4.57 Å². The van der Waals surface area contributed by atoms with Crippen molar-refractivity contribution in [2.75, 3.05) is 6.61 Å². The second-order valence-corrected chi connectivity index (χ2v) is 5.28. The third-order valence-corrected chi connectivity index (χ3v) is 3.90. The number of hydrogen-bond acceptors (Lipinski definition) is 3. The summed E-state index contributed by atoms with van der Waals surface area (Å²) in [6.07, 6.45) is 2.33. The van der Waals surface area contributed by atoms with E-state index >= 15 is 0 Å².